The fourth-order valence-corrected chi connectivity index (χ4v) is 3.57. The minimum atomic E-state index is 0.520. The highest BCUT2D eigenvalue weighted by Crippen LogP contribution is 2.26. The van der Waals surface area contributed by atoms with Gasteiger partial charge in [-0.2, -0.15) is 5.26 Å². The van der Waals surface area contributed by atoms with Crippen molar-refractivity contribution >= 4 is 21.9 Å². The Labute approximate surface area is 179 Å². The molecule has 31 heavy (non-hydrogen) atoms. The Balaban J connectivity index is 1.60. The topological polar surface area (TPSA) is 67.4 Å². The van der Waals surface area contributed by atoms with Crippen LogP contribution in [0, 0.1) is 23.2 Å². The van der Waals surface area contributed by atoms with Crippen LogP contribution in [0.25, 0.3) is 27.6 Å². The maximum Gasteiger partial charge on any atom is 0.108 e. The van der Waals surface area contributed by atoms with E-state index in [1.165, 1.54) is 0 Å². The van der Waals surface area contributed by atoms with Gasteiger partial charge in [-0.15, -0.1) is 0 Å². The minimum Gasteiger partial charge on any atom is -0.298 e. The highest BCUT2D eigenvalue weighted by Gasteiger charge is 2.10. The summed E-state index contributed by atoms with van der Waals surface area (Å²) in [5, 5.41) is 9.80. The fraction of sp³-hybridized carbons (Fsp3) is 0.0769. The Morgan fingerprint density at radius 2 is 1.74 bits per heavy atom. The predicted molar refractivity (Wildman–Crippen MR) is 121 cm³/mol. The number of benzene rings is 2. The summed E-state index contributed by atoms with van der Waals surface area (Å²) >= 11 is 0. The molecule has 2 aromatic carbocycles. The second-order valence-electron chi connectivity index (χ2n) is 7.15. The zero-order valence-electron chi connectivity index (χ0n) is 16.7. The molecule has 0 atom stereocenters. The fourth-order valence-electron chi connectivity index (χ4n) is 3.57. The monoisotopic (exact) mass is 399 g/mol. The number of nitrogens with zero attached hydrogens (tertiary/aromatic N) is 5. The van der Waals surface area contributed by atoms with Gasteiger partial charge in [0.2, 0.25) is 0 Å². The first-order valence-corrected chi connectivity index (χ1v) is 9.96. The molecule has 0 amide bonds. The third kappa shape index (κ3) is 3.73. The molecule has 0 N–H and O–H groups in total. The van der Waals surface area contributed by atoms with E-state index < -0.39 is 0 Å². The van der Waals surface area contributed by atoms with Crippen LogP contribution in [0.2, 0.25) is 0 Å². The lowest BCUT2D eigenvalue weighted by Crippen LogP contribution is -1.94. The summed E-state index contributed by atoms with van der Waals surface area (Å²) in [6, 6.07) is 20.3. The van der Waals surface area contributed by atoms with Crippen molar-refractivity contribution in [2.24, 2.45) is 0 Å². The first-order valence-electron chi connectivity index (χ1n) is 9.96. The molecule has 5 heteroatoms. The number of rotatable bonds is 3. The van der Waals surface area contributed by atoms with E-state index in [-0.39, 0.29) is 0 Å². The van der Waals surface area contributed by atoms with Crippen LogP contribution in [0.3, 0.4) is 0 Å². The van der Waals surface area contributed by atoms with Crippen molar-refractivity contribution in [1.82, 2.24) is 19.5 Å². The summed E-state index contributed by atoms with van der Waals surface area (Å²) in [5.41, 5.74) is 6.67. The Morgan fingerprint density at radius 1 is 0.871 bits per heavy atom. The van der Waals surface area contributed by atoms with E-state index >= 15 is 0 Å². The Bertz CT molecular complexity index is 1480. The molecule has 0 unspecified atom stereocenters. The van der Waals surface area contributed by atoms with Gasteiger partial charge in [-0.1, -0.05) is 24.0 Å². The second-order valence-corrected chi connectivity index (χ2v) is 7.15. The molecule has 5 rings (SSSR count). The van der Waals surface area contributed by atoms with E-state index in [1.54, 1.807) is 18.6 Å². The number of fused-ring (bicyclic) bond motifs is 3. The third-order valence-corrected chi connectivity index (χ3v) is 5.13. The normalized spacial score (nSPS) is 10.5. The number of imidazole rings is 1. The first-order chi connectivity index (χ1) is 15.3. The van der Waals surface area contributed by atoms with Crippen LogP contribution in [-0.4, -0.2) is 19.5 Å². The average Bonchev–Trinajstić information content (AvgIpc) is 3.27. The van der Waals surface area contributed by atoms with Crippen molar-refractivity contribution in [2.45, 2.75) is 12.8 Å². The van der Waals surface area contributed by atoms with Crippen molar-refractivity contribution < 1.29 is 0 Å². The van der Waals surface area contributed by atoms with Crippen molar-refractivity contribution in [3.8, 4) is 23.6 Å². The average molecular weight is 399 g/mol. The first kappa shape index (κ1) is 18.5. The maximum absolute atomic E-state index is 8.80. The van der Waals surface area contributed by atoms with Crippen molar-refractivity contribution in [3.05, 3.63) is 96.2 Å². The highest BCUT2D eigenvalue weighted by atomic mass is 15.1. The minimum absolute atomic E-state index is 0.520. The quantitative estimate of drug-likeness (QED) is 0.408. The SMILES string of the molecule is N#CCCc1ccc(-n2cnc3cnc4ccc(C#Cc5cccnc5)cc4c32)cc1. The Kier molecular flexibility index (Phi) is 4.85. The van der Waals surface area contributed by atoms with E-state index in [0.717, 1.165) is 50.7 Å². The molecule has 0 aliphatic heterocycles. The molecule has 0 aliphatic carbocycles. The van der Waals surface area contributed by atoms with Gasteiger partial charge in [0.15, 0.2) is 0 Å². The molecule has 146 valence electrons. The van der Waals surface area contributed by atoms with Gasteiger partial charge in [-0.25, -0.2) is 4.98 Å². The molecule has 0 saturated carbocycles. The van der Waals surface area contributed by atoms with Gasteiger partial charge in [0.25, 0.3) is 0 Å². The molecular formula is C26H17N5. The van der Waals surface area contributed by atoms with Crippen LogP contribution >= 0.6 is 0 Å². The number of aryl methyl sites for hydroxylation is 1. The van der Waals surface area contributed by atoms with Crippen LogP contribution in [0.1, 0.15) is 23.1 Å². The molecule has 0 bridgehead atoms. The Hall–Kier alpha value is -4.48. The summed E-state index contributed by atoms with van der Waals surface area (Å²) < 4.78 is 2.08. The van der Waals surface area contributed by atoms with E-state index in [2.05, 4.69) is 67.8 Å². The summed E-state index contributed by atoms with van der Waals surface area (Å²) in [7, 11) is 0. The lowest BCUT2D eigenvalue weighted by atomic mass is 10.1. The number of nitriles is 1. The van der Waals surface area contributed by atoms with Crippen LogP contribution in [-0.2, 0) is 6.42 Å². The number of hydrogen-bond acceptors (Lipinski definition) is 4. The predicted octanol–water partition coefficient (Wildman–Crippen LogP) is 4.82. The lowest BCUT2D eigenvalue weighted by Gasteiger charge is -2.08. The summed E-state index contributed by atoms with van der Waals surface area (Å²) in [6.07, 6.45) is 8.39. The van der Waals surface area contributed by atoms with Crippen molar-refractivity contribution in [3.63, 3.8) is 0 Å². The summed E-state index contributed by atoms with van der Waals surface area (Å²) in [6.45, 7) is 0. The van der Waals surface area contributed by atoms with Gasteiger partial charge >= 0.3 is 0 Å². The molecule has 5 nitrogen and oxygen atoms in total. The molecule has 5 aromatic rings. The molecule has 0 aliphatic rings. The molecule has 0 saturated heterocycles. The third-order valence-electron chi connectivity index (χ3n) is 5.13. The van der Waals surface area contributed by atoms with Crippen LogP contribution in [0.15, 0.2) is 79.5 Å². The number of aromatic nitrogens is 4. The van der Waals surface area contributed by atoms with Gasteiger partial charge < -0.3 is 0 Å². The highest BCUT2D eigenvalue weighted by molar-refractivity contribution is 6.03. The molecule has 3 heterocycles. The number of hydrogen-bond donors (Lipinski definition) is 0. The second kappa shape index (κ2) is 8.10. The maximum atomic E-state index is 8.80. The zero-order valence-corrected chi connectivity index (χ0v) is 16.7. The largest absolute Gasteiger partial charge is 0.298 e. The van der Waals surface area contributed by atoms with E-state index in [1.807, 2.05) is 30.6 Å². The molecular weight excluding hydrogens is 382 g/mol. The van der Waals surface area contributed by atoms with Gasteiger partial charge in [0, 0.05) is 41.0 Å². The Morgan fingerprint density at radius 3 is 2.55 bits per heavy atom. The van der Waals surface area contributed by atoms with Crippen LogP contribution < -0.4 is 0 Å². The van der Waals surface area contributed by atoms with Gasteiger partial charge in [-0.05, 0) is 54.4 Å². The summed E-state index contributed by atoms with van der Waals surface area (Å²) in [4.78, 5) is 13.2. The molecule has 0 spiro atoms. The molecule has 0 fully saturated rings. The van der Waals surface area contributed by atoms with Crippen LogP contribution in [0.4, 0.5) is 0 Å². The van der Waals surface area contributed by atoms with E-state index in [0.29, 0.717) is 6.42 Å². The smallest absolute Gasteiger partial charge is 0.108 e. The molecule has 3 aromatic heterocycles. The van der Waals surface area contributed by atoms with E-state index in [4.69, 9.17) is 5.26 Å². The van der Waals surface area contributed by atoms with Gasteiger partial charge in [-0.3, -0.25) is 14.5 Å². The van der Waals surface area contributed by atoms with Gasteiger partial charge in [0.05, 0.1) is 23.3 Å². The zero-order chi connectivity index (χ0) is 21.0. The standard InChI is InChI=1S/C26H17N5/c27-13-1-3-19-7-10-22(11-8-19)31-18-30-25-17-29-24-12-9-20(15-23(24)26(25)31)5-6-21-4-2-14-28-16-21/h2,4,7-12,14-18H,1,3H2. The number of pyridine rings is 2. The van der Waals surface area contributed by atoms with Crippen molar-refractivity contribution in [2.75, 3.05) is 0 Å². The van der Waals surface area contributed by atoms with Gasteiger partial charge in [0.1, 0.15) is 11.8 Å². The van der Waals surface area contributed by atoms with Crippen molar-refractivity contribution in [1.29, 1.82) is 5.26 Å². The lowest BCUT2D eigenvalue weighted by molar-refractivity contribution is 1.00. The van der Waals surface area contributed by atoms with Crippen LogP contribution in [0.5, 0.6) is 0 Å². The summed E-state index contributed by atoms with van der Waals surface area (Å²) in [5.74, 6) is 6.38. The molecule has 0 radical (unpaired) electrons. The van der Waals surface area contributed by atoms with E-state index in [9.17, 15) is 0 Å².